The van der Waals surface area contributed by atoms with Crippen LogP contribution < -0.4 is 5.32 Å². The Kier molecular flexibility index (Phi) is 7.90. The minimum atomic E-state index is -1.14. The lowest BCUT2D eigenvalue weighted by Gasteiger charge is -2.19. The van der Waals surface area contributed by atoms with Crippen LogP contribution in [-0.2, 0) is 14.3 Å². The minimum Gasteiger partial charge on any atom is -0.464 e. The van der Waals surface area contributed by atoms with Crippen LogP contribution in [0.1, 0.15) is 19.4 Å². The van der Waals surface area contributed by atoms with Gasteiger partial charge in [0.25, 0.3) is 0 Å². The Labute approximate surface area is 197 Å². The van der Waals surface area contributed by atoms with Crippen LogP contribution in [0.15, 0.2) is 52.4 Å². The topological polar surface area (TPSA) is 117 Å². The quantitative estimate of drug-likeness (QED) is 0.348. The van der Waals surface area contributed by atoms with E-state index in [2.05, 4.69) is 32.3 Å². The zero-order valence-electron chi connectivity index (χ0n) is 17.4. The molecular weight excluding hydrogens is 496 g/mol. The van der Waals surface area contributed by atoms with Gasteiger partial charge in [-0.05, 0) is 41.9 Å². The van der Waals surface area contributed by atoms with E-state index in [1.165, 1.54) is 18.7 Å². The Hall–Kier alpha value is -2.87. The molecule has 2 unspecified atom stereocenters. The van der Waals surface area contributed by atoms with E-state index in [-0.39, 0.29) is 12.4 Å². The van der Waals surface area contributed by atoms with Gasteiger partial charge in [-0.15, -0.1) is 0 Å². The highest BCUT2D eigenvalue weighted by molar-refractivity contribution is 9.10. The van der Waals surface area contributed by atoms with E-state index in [0.717, 1.165) is 16.5 Å². The molecule has 10 heteroatoms. The highest BCUT2D eigenvalue weighted by Crippen LogP contribution is 2.32. The third-order valence-corrected chi connectivity index (χ3v) is 6.13. The summed E-state index contributed by atoms with van der Waals surface area (Å²) in [6.07, 6.45) is 0.536. The van der Waals surface area contributed by atoms with Gasteiger partial charge in [-0.3, -0.25) is 9.36 Å². The first-order chi connectivity index (χ1) is 15.4. The summed E-state index contributed by atoms with van der Waals surface area (Å²) < 4.78 is 7.43. The molecule has 2 N–H and O–H groups in total. The first-order valence-electron chi connectivity index (χ1n) is 9.79. The molecule has 32 heavy (non-hydrogen) atoms. The predicted octanol–water partition coefficient (Wildman–Crippen LogP) is 3.18. The van der Waals surface area contributed by atoms with Gasteiger partial charge in [0.2, 0.25) is 5.91 Å². The highest BCUT2D eigenvalue weighted by atomic mass is 79.9. The van der Waals surface area contributed by atoms with Gasteiger partial charge < -0.3 is 15.2 Å². The van der Waals surface area contributed by atoms with Crippen molar-refractivity contribution < 1.29 is 19.4 Å². The SMILES string of the molecule is CCOC(=O)C(NC(=O)CSc1ncc(Br)n1-c1ccc(C#N)c2ccccc12)C(C)O. The van der Waals surface area contributed by atoms with Crippen molar-refractivity contribution in [3.8, 4) is 11.8 Å². The number of fused-ring (bicyclic) bond motifs is 1. The molecule has 0 radical (unpaired) electrons. The van der Waals surface area contributed by atoms with Crippen LogP contribution in [0.4, 0.5) is 0 Å². The van der Waals surface area contributed by atoms with Crippen LogP contribution in [0.25, 0.3) is 16.5 Å². The first kappa shape index (κ1) is 23.8. The molecule has 1 amide bonds. The molecule has 0 spiro atoms. The van der Waals surface area contributed by atoms with E-state index >= 15 is 0 Å². The summed E-state index contributed by atoms with van der Waals surface area (Å²) in [6.45, 7) is 3.21. The third kappa shape index (κ3) is 5.12. The van der Waals surface area contributed by atoms with Gasteiger partial charge in [0.1, 0.15) is 4.60 Å². The minimum absolute atomic E-state index is 0.0275. The first-order valence-corrected chi connectivity index (χ1v) is 11.6. The van der Waals surface area contributed by atoms with Gasteiger partial charge in [-0.2, -0.15) is 5.26 Å². The molecule has 0 aliphatic rings. The lowest BCUT2D eigenvalue weighted by Crippen LogP contribution is -2.49. The summed E-state index contributed by atoms with van der Waals surface area (Å²) in [7, 11) is 0. The number of hydrogen-bond acceptors (Lipinski definition) is 7. The Morgan fingerprint density at radius 1 is 1.31 bits per heavy atom. The van der Waals surface area contributed by atoms with E-state index in [9.17, 15) is 20.0 Å². The molecule has 8 nitrogen and oxygen atoms in total. The number of nitrogens with one attached hydrogen (secondary N) is 1. The number of esters is 1. The van der Waals surface area contributed by atoms with Crippen LogP contribution >= 0.6 is 27.7 Å². The molecule has 0 aliphatic heterocycles. The highest BCUT2D eigenvalue weighted by Gasteiger charge is 2.27. The van der Waals surface area contributed by atoms with Gasteiger partial charge in [-0.25, -0.2) is 9.78 Å². The number of nitrogens with zero attached hydrogens (tertiary/aromatic N) is 3. The molecule has 3 rings (SSSR count). The number of rotatable bonds is 8. The number of benzene rings is 2. The molecule has 0 saturated carbocycles. The largest absolute Gasteiger partial charge is 0.464 e. The molecule has 166 valence electrons. The van der Waals surface area contributed by atoms with Gasteiger partial charge in [0.05, 0.1) is 42.0 Å². The van der Waals surface area contributed by atoms with E-state index in [1.807, 2.05) is 34.9 Å². The summed E-state index contributed by atoms with van der Waals surface area (Å²) in [5.74, 6) is -1.15. The molecule has 1 heterocycles. The monoisotopic (exact) mass is 516 g/mol. The summed E-state index contributed by atoms with van der Waals surface area (Å²) >= 11 is 4.68. The van der Waals surface area contributed by atoms with Crippen LogP contribution in [0, 0.1) is 11.3 Å². The van der Waals surface area contributed by atoms with E-state index in [4.69, 9.17) is 4.74 Å². The maximum Gasteiger partial charge on any atom is 0.331 e. The average Bonchev–Trinajstić information content (AvgIpc) is 3.15. The number of nitriles is 1. The van der Waals surface area contributed by atoms with Gasteiger partial charge in [0.15, 0.2) is 11.2 Å². The second kappa shape index (κ2) is 10.6. The molecule has 0 fully saturated rings. The number of carbonyl (C=O) groups is 2. The van der Waals surface area contributed by atoms with Crippen LogP contribution in [-0.4, -0.2) is 51.0 Å². The number of aromatic nitrogens is 2. The van der Waals surface area contributed by atoms with Gasteiger partial charge in [-0.1, -0.05) is 36.0 Å². The Balaban J connectivity index is 1.84. The second-order valence-electron chi connectivity index (χ2n) is 6.82. The van der Waals surface area contributed by atoms with Crippen molar-refractivity contribution in [2.24, 2.45) is 0 Å². The summed E-state index contributed by atoms with van der Waals surface area (Å²) in [5, 5.41) is 24.0. The lowest BCUT2D eigenvalue weighted by molar-refractivity contribution is -0.150. The summed E-state index contributed by atoms with van der Waals surface area (Å²) in [6, 6.07) is 12.2. The van der Waals surface area contributed by atoms with E-state index < -0.39 is 24.0 Å². The molecule has 0 bridgehead atoms. The number of carbonyl (C=O) groups excluding carboxylic acids is 2. The van der Waals surface area contributed by atoms with Crippen molar-refractivity contribution in [1.29, 1.82) is 5.26 Å². The van der Waals surface area contributed by atoms with E-state index in [0.29, 0.717) is 15.3 Å². The Bertz CT molecular complexity index is 1190. The van der Waals surface area contributed by atoms with Crippen molar-refractivity contribution in [1.82, 2.24) is 14.9 Å². The maximum atomic E-state index is 12.5. The molecule has 0 saturated heterocycles. The normalized spacial score (nSPS) is 12.7. The van der Waals surface area contributed by atoms with Crippen molar-refractivity contribution >= 4 is 50.3 Å². The maximum absolute atomic E-state index is 12.5. The number of halogens is 1. The Morgan fingerprint density at radius 2 is 2.03 bits per heavy atom. The fraction of sp³-hybridized carbons (Fsp3) is 0.273. The number of imidazole rings is 1. The zero-order chi connectivity index (χ0) is 23.3. The van der Waals surface area contributed by atoms with E-state index in [1.54, 1.807) is 19.2 Å². The zero-order valence-corrected chi connectivity index (χ0v) is 19.8. The van der Waals surface area contributed by atoms with Gasteiger partial charge >= 0.3 is 5.97 Å². The second-order valence-corrected chi connectivity index (χ2v) is 8.57. The molecule has 0 aliphatic carbocycles. The molecule has 1 aromatic heterocycles. The number of hydrogen-bond donors (Lipinski definition) is 2. The molecule has 2 aromatic carbocycles. The fourth-order valence-corrected chi connectivity index (χ4v) is 4.54. The van der Waals surface area contributed by atoms with Crippen molar-refractivity contribution in [3.63, 3.8) is 0 Å². The number of aliphatic hydroxyl groups is 1. The molecule has 3 aromatic rings. The lowest BCUT2D eigenvalue weighted by atomic mass is 10.0. The van der Waals surface area contributed by atoms with Gasteiger partial charge in [0, 0.05) is 10.8 Å². The Morgan fingerprint density at radius 3 is 2.69 bits per heavy atom. The molecular formula is C22H21BrN4O4S. The smallest absolute Gasteiger partial charge is 0.331 e. The number of amides is 1. The number of ether oxygens (including phenoxy) is 1. The van der Waals surface area contributed by atoms with Crippen LogP contribution in [0.2, 0.25) is 0 Å². The standard InChI is InChI=1S/C22H21BrN4O4S/c1-3-31-21(30)20(13(2)28)26-19(29)12-32-22-25-11-18(23)27(22)17-9-8-14(10-24)15-6-4-5-7-16(15)17/h4-9,11,13,20,28H,3,12H2,1-2H3,(H,26,29). The van der Waals surface area contributed by atoms with Crippen LogP contribution in [0.3, 0.4) is 0 Å². The van der Waals surface area contributed by atoms with Crippen molar-refractivity contribution in [2.45, 2.75) is 31.1 Å². The van der Waals surface area contributed by atoms with Crippen molar-refractivity contribution in [2.75, 3.05) is 12.4 Å². The summed E-state index contributed by atoms with van der Waals surface area (Å²) in [4.78, 5) is 28.8. The fourth-order valence-electron chi connectivity index (χ4n) is 3.16. The predicted molar refractivity (Wildman–Crippen MR) is 124 cm³/mol. The average molecular weight is 517 g/mol. The van der Waals surface area contributed by atoms with Crippen molar-refractivity contribution in [3.05, 3.63) is 52.8 Å². The molecule has 2 atom stereocenters. The third-order valence-electron chi connectivity index (χ3n) is 4.62. The summed E-state index contributed by atoms with van der Waals surface area (Å²) in [5.41, 5.74) is 1.37. The number of aliphatic hydroxyl groups excluding tert-OH is 1. The number of thioether (sulfide) groups is 1. The van der Waals surface area contributed by atoms with Crippen LogP contribution in [0.5, 0.6) is 0 Å².